The number of nitrogens with one attached hydrogen (secondary N) is 1. The molecule has 12 rings (SSSR count). The van der Waals surface area contributed by atoms with E-state index in [9.17, 15) is 0 Å². The molecule has 248 valence electrons. The van der Waals surface area contributed by atoms with Crippen LogP contribution in [-0.2, 0) is 9.68 Å². The normalized spacial score (nSPS) is 32.7. The molecule has 8 aliphatic rings. The third-order valence-electron chi connectivity index (χ3n) is 10.2. The van der Waals surface area contributed by atoms with Crippen molar-refractivity contribution in [3.63, 3.8) is 0 Å². The Hall–Kier alpha value is -2.10. The Morgan fingerprint density at radius 1 is 0.851 bits per heavy atom. The van der Waals surface area contributed by atoms with Gasteiger partial charge in [-0.3, -0.25) is 15.2 Å². The average Bonchev–Trinajstić information content (AvgIpc) is 3.86. The fraction of sp³-hybridized carbons (Fsp3) is 0.500. The monoisotopic (exact) mass is 776 g/mol. The summed E-state index contributed by atoms with van der Waals surface area (Å²) in [5.74, 6) is 2.88. The number of hydrogen-bond donors (Lipinski definition) is 2. The van der Waals surface area contributed by atoms with E-state index in [2.05, 4.69) is 51.3 Å². The zero-order chi connectivity index (χ0) is 32.2. The van der Waals surface area contributed by atoms with Crippen molar-refractivity contribution >= 4 is 99.0 Å². The highest BCUT2D eigenvalue weighted by Gasteiger charge is 2.53. The number of hydrogen-bond acceptors (Lipinski definition) is 11. The van der Waals surface area contributed by atoms with Gasteiger partial charge >= 0.3 is 0 Å². The van der Waals surface area contributed by atoms with E-state index in [4.69, 9.17) is 38.6 Å². The molecule has 3 N–H and O–H groups in total. The van der Waals surface area contributed by atoms with E-state index in [0.29, 0.717) is 27.7 Å². The first-order valence-electron chi connectivity index (χ1n) is 16.0. The second-order valence-electron chi connectivity index (χ2n) is 13.2. The molecular formula is C32H35BrCl2N8O2S2. The van der Waals surface area contributed by atoms with Gasteiger partial charge in [-0.25, -0.2) is 15.0 Å². The van der Waals surface area contributed by atoms with E-state index >= 15 is 0 Å². The van der Waals surface area contributed by atoms with Gasteiger partial charge in [-0.05, 0) is 98.0 Å². The number of nitrogens with two attached hydrogens (primary N) is 1. The summed E-state index contributed by atoms with van der Waals surface area (Å²) < 4.78 is 3.05. The molecule has 15 heteroatoms. The van der Waals surface area contributed by atoms with Gasteiger partial charge in [0, 0.05) is 25.4 Å². The largest absolute Gasteiger partial charge is 0.386 e. The maximum absolute atomic E-state index is 6.20. The Kier molecular flexibility index (Phi) is 8.87. The molecule has 2 aromatic heterocycles. The van der Waals surface area contributed by atoms with E-state index in [1.807, 2.05) is 36.4 Å². The topological polar surface area (TPSA) is 113 Å². The summed E-state index contributed by atoms with van der Waals surface area (Å²) in [6, 6.07) is 11.6. The Morgan fingerprint density at radius 2 is 1.45 bits per heavy atom. The summed E-state index contributed by atoms with van der Waals surface area (Å²) in [7, 11) is 0. The average molecular weight is 779 g/mol. The molecular weight excluding hydrogens is 743 g/mol. The third-order valence-corrected chi connectivity index (χ3v) is 13.2. The van der Waals surface area contributed by atoms with Crippen LogP contribution in [0.2, 0.25) is 10.0 Å². The standard InChI is InChI=1S/C16H17ClN4OS.C9H15N3O.C7H3BrClNS/c17-11-2-1-3-12-14(11)19-15(23-12)18-13-8-16(22-20-13)9-21-6-4-10(16)5-7-21;10-8-5-9(13-11-8)6-12-3-1-7(9)2-4-12;8-7-10-6-4(9)2-1-3-5(6)11-7/h1-3,10H,4-9H2,(H,18,19,20);7H,1-6H2,(H2,10,11);1-3H/t16-;9-;/m11./s1. The summed E-state index contributed by atoms with van der Waals surface area (Å²) in [6.45, 7) is 6.92. The lowest BCUT2D eigenvalue weighted by Crippen LogP contribution is -2.59. The summed E-state index contributed by atoms with van der Waals surface area (Å²) in [5, 5.41) is 6.02. The number of thiazole rings is 2. The van der Waals surface area contributed by atoms with E-state index in [0.717, 1.165) is 61.2 Å². The summed E-state index contributed by atoms with van der Waals surface area (Å²) in [5.41, 5.74) is 10.3. The lowest BCUT2D eigenvalue weighted by molar-refractivity contribution is -0.150. The Labute approximate surface area is 299 Å². The number of piperidine rings is 6. The highest BCUT2D eigenvalue weighted by atomic mass is 79.9. The van der Waals surface area contributed by atoms with Gasteiger partial charge in [-0.15, -0.1) is 11.3 Å². The van der Waals surface area contributed by atoms with E-state index in [1.54, 1.807) is 22.7 Å². The van der Waals surface area contributed by atoms with Crippen molar-refractivity contribution in [2.24, 2.45) is 27.7 Å². The maximum Gasteiger partial charge on any atom is 0.212 e. The highest BCUT2D eigenvalue weighted by Crippen LogP contribution is 2.44. The third kappa shape index (κ3) is 6.38. The number of nitrogens with zero attached hydrogens (tertiary/aromatic N) is 6. The van der Waals surface area contributed by atoms with Gasteiger partial charge < -0.3 is 15.5 Å². The molecule has 8 aliphatic heterocycles. The predicted octanol–water partition coefficient (Wildman–Crippen LogP) is 7.22. The molecule has 0 amide bonds. The SMILES string of the molecule is Clc1cccc2sc(Br)nc12.Clc1cccc2sc(N=C3C[C@]4(CN5CCC4CC5)ON3)nc12.NC1=NO[C@]2(C1)CN1CCC2CC1. The molecule has 4 aromatic rings. The van der Waals surface area contributed by atoms with Crippen LogP contribution >= 0.6 is 61.8 Å². The summed E-state index contributed by atoms with van der Waals surface area (Å²) >= 11 is 18.5. The number of aliphatic imine (C=N–C) groups is 1. The first-order valence-corrected chi connectivity index (χ1v) is 19.2. The fourth-order valence-electron chi connectivity index (χ4n) is 7.92. The Balaban J connectivity index is 0.000000114. The fourth-order valence-corrected chi connectivity index (χ4v) is 10.8. The van der Waals surface area contributed by atoms with Gasteiger partial charge in [-0.2, -0.15) is 0 Å². The molecule has 0 unspecified atom stereocenters. The first-order chi connectivity index (χ1) is 22.8. The van der Waals surface area contributed by atoms with Gasteiger partial charge in [0.15, 0.2) is 9.52 Å². The minimum Gasteiger partial charge on any atom is -0.386 e. The number of benzene rings is 2. The molecule has 2 aromatic carbocycles. The van der Waals surface area contributed by atoms with Gasteiger partial charge in [0.2, 0.25) is 5.13 Å². The summed E-state index contributed by atoms with van der Waals surface area (Å²) in [4.78, 5) is 30.0. The number of rotatable bonds is 1. The predicted molar refractivity (Wildman–Crippen MR) is 194 cm³/mol. The maximum atomic E-state index is 6.20. The molecule has 2 atom stereocenters. The van der Waals surface area contributed by atoms with Crippen molar-refractivity contribution in [2.75, 3.05) is 39.3 Å². The number of aromatic nitrogens is 2. The van der Waals surface area contributed by atoms with Gasteiger partial charge in [0.05, 0.1) is 25.9 Å². The molecule has 47 heavy (non-hydrogen) atoms. The van der Waals surface area contributed by atoms with Gasteiger partial charge in [-0.1, -0.05) is 51.8 Å². The lowest BCUT2D eigenvalue weighted by Gasteiger charge is -2.49. The minimum absolute atomic E-state index is 0.0411. The van der Waals surface area contributed by atoms with E-state index in [-0.39, 0.29) is 11.2 Å². The molecule has 10 nitrogen and oxygen atoms in total. The van der Waals surface area contributed by atoms with E-state index < -0.39 is 0 Å². The van der Waals surface area contributed by atoms with Crippen LogP contribution in [0.25, 0.3) is 20.4 Å². The molecule has 0 saturated carbocycles. The van der Waals surface area contributed by atoms with Crippen molar-refractivity contribution in [3.05, 3.63) is 50.4 Å². The van der Waals surface area contributed by atoms with Crippen molar-refractivity contribution < 1.29 is 9.68 Å². The number of fused-ring (bicyclic) bond motifs is 6. The van der Waals surface area contributed by atoms with E-state index in [1.165, 1.54) is 51.9 Å². The zero-order valence-electron chi connectivity index (χ0n) is 25.6. The van der Waals surface area contributed by atoms with Crippen molar-refractivity contribution in [3.8, 4) is 0 Å². The van der Waals surface area contributed by atoms with Crippen LogP contribution < -0.4 is 11.2 Å². The van der Waals surface area contributed by atoms with Crippen LogP contribution in [0.5, 0.6) is 0 Å². The van der Waals surface area contributed by atoms with Crippen LogP contribution in [0, 0.1) is 11.8 Å². The van der Waals surface area contributed by atoms with Crippen molar-refractivity contribution in [1.82, 2.24) is 25.2 Å². The number of para-hydroxylation sites is 2. The first kappa shape index (κ1) is 32.1. The van der Waals surface area contributed by atoms with Crippen LogP contribution in [-0.4, -0.2) is 81.9 Å². The van der Waals surface area contributed by atoms with Crippen LogP contribution in [0.1, 0.15) is 38.5 Å². The lowest BCUT2D eigenvalue weighted by atomic mass is 9.74. The molecule has 0 aliphatic carbocycles. The second-order valence-corrected chi connectivity index (χ2v) is 17.3. The molecule has 7 fully saturated rings. The van der Waals surface area contributed by atoms with Gasteiger partial charge in [0.1, 0.15) is 28.3 Å². The van der Waals surface area contributed by atoms with Crippen molar-refractivity contribution in [2.45, 2.75) is 49.7 Å². The number of halogens is 3. The smallest absolute Gasteiger partial charge is 0.212 e. The molecule has 10 heterocycles. The molecule has 0 radical (unpaired) electrons. The van der Waals surface area contributed by atoms with Crippen LogP contribution in [0.15, 0.2) is 50.5 Å². The summed E-state index contributed by atoms with van der Waals surface area (Å²) in [6.07, 6.45) is 6.65. The minimum atomic E-state index is -0.0936. The zero-order valence-corrected chi connectivity index (χ0v) is 30.4. The van der Waals surface area contributed by atoms with Crippen molar-refractivity contribution in [1.29, 1.82) is 0 Å². The molecule has 7 saturated heterocycles. The molecule has 4 bridgehead atoms. The molecule has 2 spiro atoms. The highest BCUT2D eigenvalue weighted by molar-refractivity contribution is 9.11. The van der Waals surface area contributed by atoms with Crippen LogP contribution in [0.3, 0.4) is 0 Å². The second kappa shape index (κ2) is 13.0. The quantitative estimate of drug-likeness (QED) is 0.208. The number of amidine groups is 2. The van der Waals surface area contributed by atoms with Gasteiger partial charge in [0.25, 0.3) is 0 Å². The Morgan fingerprint density at radius 3 is 1.98 bits per heavy atom. The Bertz CT molecular complexity index is 1850. The van der Waals surface area contributed by atoms with Crippen LogP contribution in [0.4, 0.5) is 5.13 Å². The number of oxime groups is 1. The number of hydroxylamine groups is 1.